The average molecular weight is 337 g/mol. The number of carbonyl (C=O) groups excluding carboxylic acids is 1. The van der Waals surface area contributed by atoms with Crippen molar-refractivity contribution in [1.82, 2.24) is 9.62 Å². The van der Waals surface area contributed by atoms with Crippen LogP contribution >= 0.6 is 23.2 Å². The number of hydrogen-bond donors (Lipinski definition) is 1. The van der Waals surface area contributed by atoms with E-state index in [4.69, 9.17) is 23.2 Å². The monoisotopic (exact) mass is 336 g/mol. The van der Waals surface area contributed by atoms with Crippen molar-refractivity contribution in [3.05, 3.63) is 33.8 Å². The maximum Gasteiger partial charge on any atom is 0.251 e. The van der Waals surface area contributed by atoms with Gasteiger partial charge in [0.05, 0.1) is 16.3 Å². The Balaban J connectivity index is 2.01. The molecule has 0 saturated carbocycles. The molecule has 110 valence electrons. The molecule has 1 heterocycles. The molecule has 1 N–H and O–H groups in total. The topological polar surface area (TPSA) is 66.5 Å². The van der Waals surface area contributed by atoms with Gasteiger partial charge in [-0.1, -0.05) is 23.2 Å². The summed E-state index contributed by atoms with van der Waals surface area (Å²) in [4.78, 5) is 12.0. The summed E-state index contributed by atoms with van der Waals surface area (Å²) in [5.41, 5.74) is 0.400. The van der Waals surface area contributed by atoms with E-state index in [1.807, 2.05) is 0 Å². The van der Waals surface area contributed by atoms with Crippen molar-refractivity contribution in [3.8, 4) is 0 Å². The molecule has 0 aromatic heterocycles. The molecule has 0 spiro atoms. The summed E-state index contributed by atoms with van der Waals surface area (Å²) in [5, 5.41) is 3.49. The second kappa shape index (κ2) is 5.89. The third-order valence-electron chi connectivity index (χ3n) is 3.14. The number of halogens is 2. The van der Waals surface area contributed by atoms with Crippen LogP contribution in [0.15, 0.2) is 18.2 Å². The first-order valence-corrected chi connectivity index (χ1v) is 8.59. The molecule has 1 aliphatic heterocycles. The highest BCUT2D eigenvalue weighted by Gasteiger charge is 2.29. The molecule has 2 rings (SSSR count). The van der Waals surface area contributed by atoms with Crippen LogP contribution in [-0.2, 0) is 10.0 Å². The lowest BCUT2D eigenvalue weighted by Crippen LogP contribution is -2.38. The van der Waals surface area contributed by atoms with Gasteiger partial charge in [0.15, 0.2) is 0 Å². The summed E-state index contributed by atoms with van der Waals surface area (Å²) in [5.74, 6) is -0.288. The van der Waals surface area contributed by atoms with Crippen molar-refractivity contribution in [2.75, 3.05) is 19.3 Å². The minimum absolute atomic E-state index is 0.188. The second-order valence-electron chi connectivity index (χ2n) is 4.71. The Morgan fingerprint density at radius 2 is 2.05 bits per heavy atom. The smallest absolute Gasteiger partial charge is 0.251 e. The number of sulfonamides is 1. The van der Waals surface area contributed by atoms with Crippen LogP contribution in [0, 0.1) is 0 Å². The quantitative estimate of drug-likeness (QED) is 0.914. The molecular weight excluding hydrogens is 323 g/mol. The van der Waals surface area contributed by atoms with Gasteiger partial charge in [0, 0.05) is 24.7 Å². The number of benzene rings is 1. The van der Waals surface area contributed by atoms with Crippen molar-refractivity contribution in [1.29, 1.82) is 0 Å². The Morgan fingerprint density at radius 1 is 1.35 bits per heavy atom. The fraction of sp³-hybridized carbons (Fsp3) is 0.417. The SMILES string of the molecule is CS(=O)(=O)N1CCC(NC(=O)c2ccc(Cl)c(Cl)c2)C1. The fourth-order valence-corrected chi connectivity index (χ4v) is 3.24. The van der Waals surface area contributed by atoms with Crippen LogP contribution in [0.5, 0.6) is 0 Å². The van der Waals surface area contributed by atoms with E-state index in [1.54, 1.807) is 12.1 Å². The van der Waals surface area contributed by atoms with Crippen LogP contribution in [0.3, 0.4) is 0 Å². The van der Waals surface area contributed by atoms with Crippen molar-refractivity contribution >= 4 is 39.1 Å². The Kier molecular flexibility index (Phi) is 4.59. The van der Waals surface area contributed by atoms with Crippen LogP contribution in [0.25, 0.3) is 0 Å². The van der Waals surface area contributed by atoms with Gasteiger partial charge >= 0.3 is 0 Å². The zero-order valence-corrected chi connectivity index (χ0v) is 13.1. The molecule has 0 aliphatic carbocycles. The second-order valence-corrected chi connectivity index (χ2v) is 7.51. The minimum Gasteiger partial charge on any atom is -0.348 e. The van der Waals surface area contributed by atoms with Gasteiger partial charge in [0.1, 0.15) is 0 Å². The molecule has 1 atom stereocenters. The number of carbonyl (C=O) groups is 1. The summed E-state index contributed by atoms with van der Waals surface area (Å²) >= 11 is 11.6. The van der Waals surface area contributed by atoms with Crippen LogP contribution in [0.4, 0.5) is 0 Å². The Labute approximate surface area is 127 Å². The van der Waals surface area contributed by atoms with E-state index in [2.05, 4.69) is 5.32 Å². The third kappa shape index (κ3) is 3.63. The van der Waals surface area contributed by atoms with E-state index in [1.165, 1.54) is 10.4 Å². The maximum absolute atomic E-state index is 12.0. The molecule has 1 aliphatic rings. The minimum atomic E-state index is -3.20. The zero-order valence-electron chi connectivity index (χ0n) is 10.8. The Hall–Kier alpha value is -0.820. The summed E-state index contributed by atoms with van der Waals surface area (Å²) < 4.78 is 24.2. The predicted molar refractivity (Wildman–Crippen MR) is 78.8 cm³/mol. The average Bonchev–Trinajstić information content (AvgIpc) is 2.81. The summed E-state index contributed by atoms with van der Waals surface area (Å²) in [7, 11) is -3.20. The summed E-state index contributed by atoms with van der Waals surface area (Å²) in [6, 6.07) is 4.43. The molecule has 0 bridgehead atoms. The molecular formula is C12H14Cl2N2O3S. The van der Waals surface area contributed by atoms with Gasteiger partial charge in [-0.3, -0.25) is 4.79 Å². The summed E-state index contributed by atoms with van der Waals surface area (Å²) in [6.45, 7) is 0.719. The van der Waals surface area contributed by atoms with Crippen molar-refractivity contribution in [2.45, 2.75) is 12.5 Å². The maximum atomic E-state index is 12.0. The number of hydrogen-bond acceptors (Lipinski definition) is 3. The molecule has 1 fully saturated rings. The van der Waals surface area contributed by atoms with E-state index >= 15 is 0 Å². The fourth-order valence-electron chi connectivity index (χ4n) is 2.05. The zero-order chi connectivity index (χ0) is 14.9. The van der Waals surface area contributed by atoms with E-state index in [-0.39, 0.29) is 11.9 Å². The first kappa shape index (κ1) is 15.6. The van der Waals surface area contributed by atoms with E-state index in [0.29, 0.717) is 35.1 Å². The molecule has 8 heteroatoms. The molecule has 1 amide bonds. The van der Waals surface area contributed by atoms with Gasteiger partial charge in [0.25, 0.3) is 5.91 Å². The van der Waals surface area contributed by atoms with E-state index < -0.39 is 10.0 Å². The highest BCUT2D eigenvalue weighted by atomic mass is 35.5. The van der Waals surface area contributed by atoms with Gasteiger partial charge in [-0.05, 0) is 24.6 Å². The standard InChI is InChI=1S/C12H14Cl2N2O3S/c1-20(18,19)16-5-4-9(7-16)15-12(17)8-2-3-10(13)11(14)6-8/h2-3,6,9H,4-5,7H2,1H3,(H,15,17). The van der Waals surface area contributed by atoms with Crippen molar-refractivity contribution < 1.29 is 13.2 Å². The highest BCUT2D eigenvalue weighted by Crippen LogP contribution is 2.22. The van der Waals surface area contributed by atoms with Crippen LogP contribution < -0.4 is 5.32 Å². The van der Waals surface area contributed by atoms with Gasteiger partial charge in [-0.25, -0.2) is 12.7 Å². The normalized spacial score (nSPS) is 20.1. The van der Waals surface area contributed by atoms with E-state index in [0.717, 1.165) is 6.26 Å². The number of rotatable bonds is 3. The Bertz CT molecular complexity index is 634. The summed E-state index contributed by atoms with van der Waals surface area (Å²) in [6.07, 6.45) is 1.76. The molecule has 1 unspecified atom stereocenters. The van der Waals surface area contributed by atoms with E-state index in [9.17, 15) is 13.2 Å². The number of amides is 1. The van der Waals surface area contributed by atoms with Gasteiger partial charge in [0.2, 0.25) is 10.0 Å². The number of nitrogens with one attached hydrogen (secondary N) is 1. The molecule has 20 heavy (non-hydrogen) atoms. The lowest BCUT2D eigenvalue weighted by atomic mass is 10.2. The molecule has 0 radical (unpaired) electrons. The number of nitrogens with zero attached hydrogens (tertiary/aromatic N) is 1. The molecule has 1 aromatic carbocycles. The Morgan fingerprint density at radius 3 is 2.60 bits per heavy atom. The van der Waals surface area contributed by atoms with Gasteiger partial charge < -0.3 is 5.32 Å². The van der Waals surface area contributed by atoms with Crippen molar-refractivity contribution in [2.24, 2.45) is 0 Å². The molecule has 1 aromatic rings. The van der Waals surface area contributed by atoms with Crippen LogP contribution in [0.2, 0.25) is 10.0 Å². The molecule has 5 nitrogen and oxygen atoms in total. The lowest BCUT2D eigenvalue weighted by Gasteiger charge is -2.14. The van der Waals surface area contributed by atoms with Gasteiger partial charge in [-0.2, -0.15) is 0 Å². The van der Waals surface area contributed by atoms with Crippen molar-refractivity contribution in [3.63, 3.8) is 0 Å². The van der Waals surface area contributed by atoms with Crippen LogP contribution in [-0.4, -0.2) is 44.0 Å². The highest BCUT2D eigenvalue weighted by molar-refractivity contribution is 7.88. The molecule has 1 saturated heterocycles. The third-order valence-corrected chi connectivity index (χ3v) is 5.15. The predicted octanol–water partition coefficient (Wildman–Crippen LogP) is 1.76. The first-order chi connectivity index (χ1) is 9.27. The van der Waals surface area contributed by atoms with Crippen LogP contribution in [0.1, 0.15) is 16.8 Å². The first-order valence-electron chi connectivity index (χ1n) is 5.98. The largest absolute Gasteiger partial charge is 0.348 e. The lowest BCUT2D eigenvalue weighted by molar-refractivity contribution is 0.0939. The van der Waals surface area contributed by atoms with Gasteiger partial charge in [-0.15, -0.1) is 0 Å².